The van der Waals surface area contributed by atoms with Crippen molar-refractivity contribution in [3.63, 3.8) is 0 Å². The standard InChI is InChI=1S/C10H9N3OS/c11-9(14)6-15-10-5-12-7-3-1-2-4-8(7)13-10/h1-5H,6H2,(H2,11,14). The van der Waals surface area contributed by atoms with E-state index < -0.39 is 0 Å². The van der Waals surface area contributed by atoms with Crippen LogP contribution in [0.4, 0.5) is 0 Å². The predicted molar refractivity (Wildman–Crippen MR) is 59.5 cm³/mol. The van der Waals surface area contributed by atoms with Gasteiger partial charge in [0.05, 0.1) is 23.0 Å². The minimum Gasteiger partial charge on any atom is -0.369 e. The lowest BCUT2D eigenvalue weighted by molar-refractivity contribution is -0.115. The third kappa shape index (κ3) is 2.44. The number of para-hydroxylation sites is 2. The molecule has 0 bridgehead atoms. The molecule has 0 saturated heterocycles. The van der Waals surface area contributed by atoms with Gasteiger partial charge < -0.3 is 5.73 Å². The Morgan fingerprint density at radius 1 is 1.33 bits per heavy atom. The van der Waals surface area contributed by atoms with E-state index in [9.17, 15) is 4.79 Å². The molecule has 76 valence electrons. The Hall–Kier alpha value is -1.62. The normalized spacial score (nSPS) is 10.4. The van der Waals surface area contributed by atoms with Crippen LogP contribution in [-0.4, -0.2) is 21.6 Å². The van der Waals surface area contributed by atoms with Gasteiger partial charge in [0, 0.05) is 0 Å². The number of nitrogens with zero attached hydrogens (tertiary/aromatic N) is 2. The van der Waals surface area contributed by atoms with E-state index in [4.69, 9.17) is 5.73 Å². The number of rotatable bonds is 3. The summed E-state index contributed by atoms with van der Waals surface area (Å²) in [5.41, 5.74) is 6.72. The summed E-state index contributed by atoms with van der Waals surface area (Å²) in [4.78, 5) is 19.2. The number of amides is 1. The highest BCUT2D eigenvalue weighted by Crippen LogP contribution is 2.16. The van der Waals surface area contributed by atoms with Gasteiger partial charge in [0.25, 0.3) is 0 Å². The van der Waals surface area contributed by atoms with Gasteiger partial charge in [0.2, 0.25) is 5.91 Å². The number of aromatic nitrogens is 2. The molecule has 1 heterocycles. The molecule has 2 N–H and O–H groups in total. The number of primary amides is 1. The number of fused-ring (bicyclic) bond motifs is 1. The van der Waals surface area contributed by atoms with Crippen molar-refractivity contribution in [3.05, 3.63) is 30.5 Å². The molecule has 0 atom stereocenters. The van der Waals surface area contributed by atoms with Crippen molar-refractivity contribution in [2.45, 2.75) is 5.03 Å². The number of carbonyl (C=O) groups excluding carboxylic acids is 1. The summed E-state index contributed by atoms with van der Waals surface area (Å²) >= 11 is 1.30. The van der Waals surface area contributed by atoms with Gasteiger partial charge in [-0.05, 0) is 12.1 Å². The third-order valence-electron chi connectivity index (χ3n) is 1.79. The Kier molecular flexibility index (Phi) is 2.82. The molecule has 1 aromatic heterocycles. The van der Waals surface area contributed by atoms with E-state index in [-0.39, 0.29) is 11.7 Å². The monoisotopic (exact) mass is 219 g/mol. The average molecular weight is 219 g/mol. The molecule has 2 aromatic rings. The van der Waals surface area contributed by atoms with Crippen LogP contribution in [-0.2, 0) is 4.79 Å². The summed E-state index contributed by atoms with van der Waals surface area (Å²) in [6.45, 7) is 0. The second-order valence-electron chi connectivity index (χ2n) is 2.95. The highest BCUT2D eigenvalue weighted by molar-refractivity contribution is 7.99. The van der Waals surface area contributed by atoms with E-state index in [1.165, 1.54) is 11.8 Å². The van der Waals surface area contributed by atoms with Crippen LogP contribution in [0.25, 0.3) is 11.0 Å². The van der Waals surface area contributed by atoms with Crippen molar-refractivity contribution in [3.8, 4) is 0 Å². The topological polar surface area (TPSA) is 68.9 Å². The summed E-state index contributed by atoms with van der Waals surface area (Å²) in [5.74, 6) is -0.123. The van der Waals surface area contributed by atoms with Crippen molar-refractivity contribution in [1.29, 1.82) is 0 Å². The van der Waals surface area contributed by atoms with E-state index in [1.807, 2.05) is 24.3 Å². The number of hydrogen-bond donors (Lipinski definition) is 1. The molecule has 15 heavy (non-hydrogen) atoms. The maximum atomic E-state index is 10.6. The second kappa shape index (κ2) is 4.27. The van der Waals surface area contributed by atoms with E-state index in [2.05, 4.69) is 9.97 Å². The summed E-state index contributed by atoms with van der Waals surface area (Å²) in [7, 11) is 0. The van der Waals surface area contributed by atoms with Crippen molar-refractivity contribution < 1.29 is 4.79 Å². The van der Waals surface area contributed by atoms with E-state index in [0.29, 0.717) is 5.03 Å². The van der Waals surface area contributed by atoms with Gasteiger partial charge in [0.1, 0.15) is 5.03 Å². The van der Waals surface area contributed by atoms with Crippen molar-refractivity contribution >= 4 is 28.7 Å². The van der Waals surface area contributed by atoms with Gasteiger partial charge in [-0.3, -0.25) is 9.78 Å². The summed E-state index contributed by atoms with van der Waals surface area (Å²) in [6.07, 6.45) is 1.65. The Labute approximate surface area is 90.9 Å². The molecule has 0 radical (unpaired) electrons. The highest BCUT2D eigenvalue weighted by atomic mass is 32.2. The number of carbonyl (C=O) groups is 1. The average Bonchev–Trinajstić information content (AvgIpc) is 2.26. The molecule has 0 unspecified atom stereocenters. The summed E-state index contributed by atoms with van der Waals surface area (Å²) in [6, 6.07) is 7.59. The Morgan fingerprint density at radius 2 is 2.07 bits per heavy atom. The van der Waals surface area contributed by atoms with Crippen LogP contribution >= 0.6 is 11.8 Å². The minimum absolute atomic E-state index is 0.229. The smallest absolute Gasteiger partial charge is 0.227 e. The maximum absolute atomic E-state index is 10.6. The quantitative estimate of drug-likeness (QED) is 0.788. The lowest BCUT2D eigenvalue weighted by Crippen LogP contribution is -2.13. The summed E-state index contributed by atoms with van der Waals surface area (Å²) in [5, 5.41) is 0.715. The first kappa shape index (κ1) is 9.92. The van der Waals surface area contributed by atoms with Gasteiger partial charge in [-0.25, -0.2) is 4.98 Å². The lowest BCUT2D eigenvalue weighted by Gasteiger charge is -1.99. The van der Waals surface area contributed by atoms with Crippen LogP contribution in [0.15, 0.2) is 35.5 Å². The predicted octanol–water partition coefficient (Wildman–Crippen LogP) is 1.21. The summed E-state index contributed by atoms with van der Waals surface area (Å²) < 4.78 is 0. The molecule has 0 fully saturated rings. The Morgan fingerprint density at radius 3 is 2.80 bits per heavy atom. The zero-order chi connectivity index (χ0) is 10.7. The van der Waals surface area contributed by atoms with Crippen LogP contribution in [0.3, 0.4) is 0 Å². The first-order chi connectivity index (χ1) is 7.25. The van der Waals surface area contributed by atoms with Gasteiger partial charge >= 0.3 is 0 Å². The fourth-order valence-electron chi connectivity index (χ4n) is 1.15. The van der Waals surface area contributed by atoms with Gasteiger partial charge in [-0.15, -0.1) is 0 Å². The maximum Gasteiger partial charge on any atom is 0.227 e. The van der Waals surface area contributed by atoms with E-state index in [0.717, 1.165) is 11.0 Å². The third-order valence-corrected chi connectivity index (χ3v) is 2.71. The van der Waals surface area contributed by atoms with Crippen LogP contribution in [0, 0.1) is 0 Å². The molecule has 2 rings (SSSR count). The van der Waals surface area contributed by atoms with E-state index >= 15 is 0 Å². The molecule has 0 aliphatic rings. The number of nitrogens with two attached hydrogens (primary N) is 1. The number of hydrogen-bond acceptors (Lipinski definition) is 4. The van der Waals surface area contributed by atoms with Crippen molar-refractivity contribution in [2.24, 2.45) is 5.73 Å². The molecule has 5 heteroatoms. The minimum atomic E-state index is -0.352. The van der Waals surface area contributed by atoms with Gasteiger partial charge in [-0.2, -0.15) is 0 Å². The van der Waals surface area contributed by atoms with Crippen LogP contribution in [0.5, 0.6) is 0 Å². The van der Waals surface area contributed by atoms with Crippen LogP contribution in [0.1, 0.15) is 0 Å². The van der Waals surface area contributed by atoms with Crippen molar-refractivity contribution in [2.75, 3.05) is 5.75 Å². The van der Waals surface area contributed by atoms with Crippen molar-refractivity contribution in [1.82, 2.24) is 9.97 Å². The molecule has 4 nitrogen and oxygen atoms in total. The molecule has 0 spiro atoms. The lowest BCUT2D eigenvalue weighted by atomic mass is 10.3. The van der Waals surface area contributed by atoms with Crippen LogP contribution in [0.2, 0.25) is 0 Å². The fourth-order valence-corrected chi connectivity index (χ4v) is 1.74. The Bertz CT molecular complexity index is 501. The molecule has 0 aliphatic carbocycles. The molecule has 1 amide bonds. The van der Waals surface area contributed by atoms with E-state index in [1.54, 1.807) is 6.20 Å². The molecule has 1 aromatic carbocycles. The second-order valence-corrected chi connectivity index (χ2v) is 3.95. The fraction of sp³-hybridized carbons (Fsp3) is 0.100. The zero-order valence-corrected chi connectivity index (χ0v) is 8.70. The van der Waals surface area contributed by atoms with Gasteiger partial charge in [-0.1, -0.05) is 23.9 Å². The SMILES string of the molecule is NC(=O)CSc1cnc2ccccc2n1. The first-order valence-electron chi connectivity index (χ1n) is 4.38. The highest BCUT2D eigenvalue weighted by Gasteiger charge is 2.01. The largest absolute Gasteiger partial charge is 0.369 e. The van der Waals surface area contributed by atoms with Gasteiger partial charge in [0.15, 0.2) is 0 Å². The molecule has 0 aliphatic heterocycles. The molecule has 0 saturated carbocycles. The zero-order valence-electron chi connectivity index (χ0n) is 7.88. The van der Waals surface area contributed by atoms with Crippen LogP contribution < -0.4 is 5.73 Å². The number of thioether (sulfide) groups is 1. The first-order valence-corrected chi connectivity index (χ1v) is 5.37. The number of benzene rings is 1. The molecular weight excluding hydrogens is 210 g/mol. The molecular formula is C10H9N3OS. The Balaban J connectivity index is 2.26.